The van der Waals surface area contributed by atoms with Crippen LogP contribution >= 0.6 is 0 Å². The van der Waals surface area contributed by atoms with Crippen LogP contribution in [0, 0.1) is 18.8 Å². The van der Waals surface area contributed by atoms with Crippen LogP contribution < -0.4 is 0 Å². The molecule has 2 atom stereocenters. The molecule has 1 aliphatic carbocycles. The third kappa shape index (κ3) is 3.51. The van der Waals surface area contributed by atoms with E-state index in [2.05, 4.69) is 34.2 Å². The van der Waals surface area contributed by atoms with Crippen molar-refractivity contribution in [3.63, 3.8) is 0 Å². The summed E-state index contributed by atoms with van der Waals surface area (Å²) >= 11 is 0. The van der Waals surface area contributed by atoms with Gasteiger partial charge < -0.3 is 0 Å². The molecule has 1 aromatic carbocycles. The fourth-order valence-electron chi connectivity index (χ4n) is 3.05. The number of hydrogen-bond donors (Lipinski definition) is 0. The number of hydrogen-bond acceptors (Lipinski definition) is 2. The van der Waals surface area contributed by atoms with Gasteiger partial charge in [-0.2, -0.15) is 5.10 Å². The first-order valence-electron chi connectivity index (χ1n) is 7.71. The molecular weight excluding hydrogens is 275 g/mol. The van der Waals surface area contributed by atoms with Crippen LogP contribution in [0.2, 0.25) is 0 Å². The summed E-state index contributed by atoms with van der Waals surface area (Å²) in [6, 6.07) is 12.0. The minimum absolute atomic E-state index is 0.248. The average Bonchev–Trinajstić information content (AvgIpc) is 2.54. The average molecular weight is 294 g/mol. The fourth-order valence-corrected chi connectivity index (χ4v) is 3.05. The molecule has 0 saturated heterocycles. The van der Waals surface area contributed by atoms with E-state index in [4.69, 9.17) is 0 Å². The predicted octanol–water partition coefficient (Wildman–Crippen LogP) is 4.20. The van der Waals surface area contributed by atoms with Gasteiger partial charge in [-0.25, -0.2) is 4.39 Å². The lowest BCUT2D eigenvalue weighted by Crippen LogP contribution is -2.28. The molecule has 1 heterocycles. The maximum atomic E-state index is 15.1. The van der Waals surface area contributed by atoms with E-state index in [9.17, 15) is 0 Å². The maximum absolute atomic E-state index is 15.1. The zero-order valence-electron chi connectivity index (χ0n) is 12.7. The smallest absolute Gasteiger partial charge is 0.171 e. The minimum Gasteiger partial charge on any atom is -0.230 e. The molecule has 0 bridgehead atoms. The highest BCUT2D eigenvalue weighted by atomic mass is 19.1. The van der Waals surface area contributed by atoms with Crippen molar-refractivity contribution in [3.8, 4) is 11.8 Å². The number of benzene rings is 1. The van der Waals surface area contributed by atoms with Gasteiger partial charge in [0.25, 0.3) is 0 Å². The van der Waals surface area contributed by atoms with Crippen molar-refractivity contribution in [2.24, 2.45) is 0 Å². The zero-order valence-corrected chi connectivity index (χ0v) is 12.7. The van der Waals surface area contributed by atoms with E-state index in [0.717, 1.165) is 18.4 Å². The number of aromatic nitrogens is 2. The SMILES string of the molecule is Cc1cnnc(C#CC2(F)CCC[C@@H](c3ccccc3)C2)c1. The maximum Gasteiger partial charge on any atom is 0.171 e. The van der Waals surface area contributed by atoms with Crippen molar-refractivity contribution in [2.75, 3.05) is 0 Å². The molecule has 0 N–H and O–H groups in total. The van der Waals surface area contributed by atoms with Crippen LogP contribution in [0.3, 0.4) is 0 Å². The van der Waals surface area contributed by atoms with E-state index in [0.29, 0.717) is 18.5 Å². The summed E-state index contributed by atoms with van der Waals surface area (Å²) in [5.41, 5.74) is 1.31. The van der Waals surface area contributed by atoms with Gasteiger partial charge in [-0.15, -0.1) is 5.10 Å². The van der Waals surface area contributed by atoms with Gasteiger partial charge in [-0.05, 0) is 61.6 Å². The molecule has 0 amide bonds. The highest BCUT2D eigenvalue weighted by molar-refractivity contribution is 5.33. The Bertz CT molecular complexity index is 702. The minimum atomic E-state index is -1.43. The monoisotopic (exact) mass is 294 g/mol. The standard InChI is InChI=1S/C19H19FN2/c1-15-12-18(22-21-14-15)9-11-19(20)10-5-8-17(13-19)16-6-3-2-4-7-16/h2-4,6-7,12,14,17H,5,8,10,13H2,1H3/t17-,19?/m1/s1. The van der Waals surface area contributed by atoms with E-state index < -0.39 is 5.67 Å². The lowest BCUT2D eigenvalue weighted by molar-refractivity contribution is 0.159. The van der Waals surface area contributed by atoms with Crippen LogP contribution in [-0.2, 0) is 0 Å². The number of alkyl halides is 1. The molecule has 0 spiro atoms. The van der Waals surface area contributed by atoms with E-state index >= 15 is 4.39 Å². The molecule has 2 aromatic rings. The summed E-state index contributed by atoms with van der Waals surface area (Å²) in [4.78, 5) is 0. The first-order chi connectivity index (χ1) is 10.6. The lowest BCUT2D eigenvalue weighted by Gasteiger charge is -2.31. The van der Waals surface area contributed by atoms with Gasteiger partial charge in [0.05, 0.1) is 6.20 Å². The summed E-state index contributed by atoms with van der Waals surface area (Å²) in [5.74, 6) is 5.94. The third-order valence-corrected chi connectivity index (χ3v) is 4.17. The largest absolute Gasteiger partial charge is 0.230 e. The Hall–Kier alpha value is -2.21. The van der Waals surface area contributed by atoms with Crippen molar-refractivity contribution in [3.05, 3.63) is 59.4 Å². The van der Waals surface area contributed by atoms with Crippen LogP contribution in [0.5, 0.6) is 0 Å². The molecular formula is C19H19FN2. The Kier molecular flexibility index (Phi) is 4.20. The van der Waals surface area contributed by atoms with Gasteiger partial charge in [-0.1, -0.05) is 36.3 Å². The molecule has 1 aromatic heterocycles. The van der Waals surface area contributed by atoms with Crippen LogP contribution in [0.15, 0.2) is 42.6 Å². The van der Waals surface area contributed by atoms with Crippen LogP contribution in [0.25, 0.3) is 0 Å². The van der Waals surface area contributed by atoms with Gasteiger partial charge in [0, 0.05) is 0 Å². The fraction of sp³-hybridized carbons (Fsp3) is 0.368. The number of aryl methyl sites for hydroxylation is 1. The molecule has 1 aliphatic rings. The topological polar surface area (TPSA) is 25.8 Å². The van der Waals surface area contributed by atoms with E-state index in [1.165, 1.54) is 5.56 Å². The molecule has 3 heteroatoms. The first-order valence-corrected chi connectivity index (χ1v) is 7.71. The van der Waals surface area contributed by atoms with Gasteiger partial charge >= 0.3 is 0 Å². The number of rotatable bonds is 1. The highest BCUT2D eigenvalue weighted by Gasteiger charge is 2.35. The van der Waals surface area contributed by atoms with Crippen molar-refractivity contribution >= 4 is 0 Å². The zero-order chi connectivity index (χ0) is 15.4. The van der Waals surface area contributed by atoms with E-state index in [-0.39, 0.29) is 5.92 Å². The second-order valence-electron chi connectivity index (χ2n) is 6.04. The predicted molar refractivity (Wildman–Crippen MR) is 85.1 cm³/mol. The molecule has 112 valence electrons. The number of halogens is 1. The second kappa shape index (κ2) is 6.27. The summed E-state index contributed by atoms with van der Waals surface area (Å²) in [6.45, 7) is 1.93. The van der Waals surface area contributed by atoms with Gasteiger partial charge in [0.15, 0.2) is 5.67 Å². The molecule has 3 rings (SSSR count). The van der Waals surface area contributed by atoms with Gasteiger partial charge in [0.1, 0.15) is 5.69 Å². The van der Waals surface area contributed by atoms with Crippen LogP contribution in [-0.4, -0.2) is 15.9 Å². The molecule has 2 nitrogen and oxygen atoms in total. The van der Waals surface area contributed by atoms with Gasteiger partial charge in [0.2, 0.25) is 0 Å². The Morgan fingerprint density at radius 1 is 1.27 bits per heavy atom. The lowest BCUT2D eigenvalue weighted by atomic mass is 9.76. The van der Waals surface area contributed by atoms with Crippen LogP contribution in [0.4, 0.5) is 4.39 Å². The molecule has 1 saturated carbocycles. The van der Waals surface area contributed by atoms with E-state index in [1.54, 1.807) is 6.20 Å². The quantitative estimate of drug-likeness (QED) is 0.737. The Morgan fingerprint density at radius 2 is 2.09 bits per heavy atom. The normalized spacial score (nSPS) is 24.4. The molecule has 1 unspecified atom stereocenters. The molecule has 1 fully saturated rings. The Balaban J connectivity index is 1.78. The summed E-state index contributed by atoms with van der Waals surface area (Å²) < 4.78 is 15.1. The van der Waals surface area contributed by atoms with Crippen molar-refractivity contribution in [1.82, 2.24) is 10.2 Å². The van der Waals surface area contributed by atoms with Crippen molar-refractivity contribution < 1.29 is 4.39 Å². The Labute approximate surface area is 130 Å². The second-order valence-corrected chi connectivity index (χ2v) is 6.04. The first kappa shape index (κ1) is 14.7. The Morgan fingerprint density at radius 3 is 2.86 bits per heavy atom. The molecule has 0 aliphatic heterocycles. The van der Waals surface area contributed by atoms with E-state index in [1.807, 2.05) is 31.2 Å². The highest BCUT2D eigenvalue weighted by Crippen LogP contribution is 2.40. The number of nitrogens with zero attached hydrogens (tertiary/aromatic N) is 2. The molecule has 22 heavy (non-hydrogen) atoms. The summed E-state index contributed by atoms with van der Waals surface area (Å²) in [5, 5.41) is 7.80. The van der Waals surface area contributed by atoms with Crippen molar-refractivity contribution in [2.45, 2.75) is 44.2 Å². The van der Waals surface area contributed by atoms with Crippen LogP contribution in [0.1, 0.15) is 48.4 Å². The van der Waals surface area contributed by atoms with Crippen molar-refractivity contribution in [1.29, 1.82) is 0 Å². The molecule has 0 radical (unpaired) electrons. The summed E-state index contributed by atoms with van der Waals surface area (Å²) in [6.07, 6.45) is 4.53. The summed E-state index contributed by atoms with van der Waals surface area (Å²) in [7, 11) is 0. The third-order valence-electron chi connectivity index (χ3n) is 4.17. The van der Waals surface area contributed by atoms with Gasteiger partial charge in [-0.3, -0.25) is 0 Å².